The molecule has 0 fully saturated rings. The van der Waals surface area contributed by atoms with Crippen molar-refractivity contribution in [2.45, 2.75) is 0 Å². The zero-order valence-electron chi connectivity index (χ0n) is 10.9. The molecule has 0 atom stereocenters. The number of nitrogens with one attached hydrogen (secondary N) is 1. The molecule has 21 heavy (non-hydrogen) atoms. The van der Waals surface area contributed by atoms with Crippen molar-refractivity contribution in [3.05, 3.63) is 70.2 Å². The van der Waals surface area contributed by atoms with Crippen molar-refractivity contribution in [3.8, 4) is 0 Å². The number of oxime groups is 1. The van der Waals surface area contributed by atoms with E-state index in [-0.39, 0.29) is 5.91 Å². The number of benzene rings is 2. The third kappa shape index (κ3) is 4.25. The average molecular weight is 346 g/mol. The fourth-order valence-electron chi connectivity index (χ4n) is 1.61. The third-order valence-corrected chi connectivity index (χ3v) is 3.16. The van der Waals surface area contributed by atoms with Gasteiger partial charge in [-0.15, -0.1) is 0 Å². The summed E-state index contributed by atoms with van der Waals surface area (Å²) >= 11 is 3.33. The number of nitrogens with zero attached hydrogens (tertiary/aromatic N) is 2. The molecule has 0 unspecified atom stereocenters. The number of hydrogen-bond acceptors (Lipinski definition) is 4. The monoisotopic (exact) mass is 345 g/mol. The van der Waals surface area contributed by atoms with Crippen LogP contribution < -0.4 is 5.43 Å². The van der Waals surface area contributed by atoms with E-state index >= 15 is 0 Å². The zero-order chi connectivity index (χ0) is 15.1. The first-order chi connectivity index (χ1) is 10.2. The highest BCUT2D eigenvalue weighted by Crippen LogP contribution is 2.11. The Balaban J connectivity index is 2.19. The molecule has 0 aliphatic rings. The van der Waals surface area contributed by atoms with Gasteiger partial charge in [0.25, 0.3) is 5.91 Å². The molecule has 1 amide bonds. The first-order valence-electron chi connectivity index (χ1n) is 6.07. The van der Waals surface area contributed by atoms with E-state index in [1.807, 2.05) is 18.2 Å². The van der Waals surface area contributed by atoms with Gasteiger partial charge in [0.05, 0.1) is 6.21 Å². The van der Waals surface area contributed by atoms with Gasteiger partial charge in [0.2, 0.25) is 0 Å². The summed E-state index contributed by atoms with van der Waals surface area (Å²) in [4.78, 5) is 11.9. The molecule has 0 radical (unpaired) electrons. The Morgan fingerprint density at radius 1 is 1.05 bits per heavy atom. The third-order valence-electron chi connectivity index (χ3n) is 2.63. The van der Waals surface area contributed by atoms with Gasteiger partial charge in [0.1, 0.15) is 5.71 Å². The minimum absolute atomic E-state index is 0.337. The molecule has 0 aliphatic carbocycles. The highest BCUT2D eigenvalue weighted by Gasteiger charge is 2.05. The Labute approximate surface area is 130 Å². The molecule has 0 heterocycles. The van der Waals surface area contributed by atoms with Crippen molar-refractivity contribution in [2.24, 2.45) is 10.3 Å². The first-order valence-corrected chi connectivity index (χ1v) is 6.86. The molecule has 0 bridgehead atoms. The van der Waals surface area contributed by atoms with E-state index < -0.39 is 0 Å². The lowest BCUT2D eigenvalue weighted by atomic mass is 10.1. The summed E-state index contributed by atoms with van der Waals surface area (Å²) in [5.74, 6) is -0.337. The highest BCUT2D eigenvalue weighted by atomic mass is 79.9. The molecule has 0 aliphatic heterocycles. The highest BCUT2D eigenvalue weighted by molar-refractivity contribution is 9.10. The van der Waals surface area contributed by atoms with Gasteiger partial charge < -0.3 is 5.21 Å². The molecule has 106 valence electrons. The van der Waals surface area contributed by atoms with Crippen molar-refractivity contribution in [2.75, 3.05) is 0 Å². The predicted octanol–water partition coefficient (Wildman–Crippen LogP) is 3.04. The maximum absolute atomic E-state index is 11.9. The summed E-state index contributed by atoms with van der Waals surface area (Å²) < 4.78 is 0.917. The number of carbonyl (C=O) groups excluding carboxylic acids is 1. The van der Waals surface area contributed by atoms with Crippen LogP contribution in [0.5, 0.6) is 0 Å². The lowest BCUT2D eigenvalue weighted by Gasteiger charge is -2.03. The SMILES string of the molecule is O=C(NN=C(C=NO)c1ccc(Br)cc1)c1ccccc1. The number of rotatable bonds is 4. The van der Waals surface area contributed by atoms with Crippen LogP contribution in [0.15, 0.2) is 69.3 Å². The van der Waals surface area contributed by atoms with E-state index in [1.54, 1.807) is 36.4 Å². The van der Waals surface area contributed by atoms with Gasteiger partial charge in [-0.3, -0.25) is 4.79 Å². The van der Waals surface area contributed by atoms with Crippen molar-refractivity contribution in [1.29, 1.82) is 0 Å². The molecule has 0 saturated carbocycles. The van der Waals surface area contributed by atoms with Gasteiger partial charge in [-0.2, -0.15) is 5.10 Å². The zero-order valence-corrected chi connectivity index (χ0v) is 12.5. The van der Waals surface area contributed by atoms with Gasteiger partial charge in [0, 0.05) is 15.6 Å². The van der Waals surface area contributed by atoms with E-state index in [9.17, 15) is 4.79 Å². The summed E-state index contributed by atoms with van der Waals surface area (Å²) in [6, 6.07) is 16.0. The summed E-state index contributed by atoms with van der Waals surface area (Å²) in [6.45, 7) is 0. The van der Waals surface area contributed by atoms with Crippen LogP contribution >= 0.6 is 15.9 Å². The number of amides is 1. The molecule has 2 aromatic rings. The number of halogens is 1. The Bertz CT molecular complexity index is 667. The van der Waals surface area contributed by atoms with Crippen LogP contribution in [-0.4, -0.2) is 23.0 Å². The molecular weight excluding hydrogens is 334 g/mol. The molecule has 5 nitrogen and oxygen atoms in total. The Hall–Kier alpha value is -2.47. The van der Waals surface area contributed by atoms with Gasteiger partial charge in [-0.1, -0.05) is 51.4 Å². The summed E-state index contributed by atoms with van der Waals surface area (Å²) in [7, 11) is 0. The molecule has 0 spiro atoms. The number of hydrazone groups is 1. The second-order valence-electron chi connectivity index (χ2n) is 4.06. The van der Waals surface area contributed by atoms with E-state index in [4.69, 9.17) is 5.21 Å². The van der Waals surface area contributed by atoms with Gasteiger partial charge in [0.15, 0.2) is 0 Å². The molecule has 2 rings (SSSR count). The van der Waals surface area contributed by atoms with Crippen molar-refractivity contribution in [3.63, 3.8) is 0 Å². The molecular formula is C15H12BrN3O2. The van der Waals surface area contributed by atoms with Crippen LogP contribution in [0.2, 0.25) is 0 Å². The minimum atomic E-state index is -0.337. The minimum Gasteiger partial charge on any atom is -0.411 e. The largest absolute Gasteiger partial charge is 0.411 e. The maximum Gasteiger partial charge on any atom is 0.271 e. The smallest absolute Gasteiger partial charge is 0.271 e. The molecule has 2 aromatic carbocycles. The topological polar surface area (TPSA) is 74.0 Å². The Morgan fingerprint density at radius 3 is 2.33 bits per heavy atom. The van der Waals surface area contributed by atoms with E-state index in [0.717, 1.165) is 10.7 Å². The standard InChI is InChI=1S/C15H12BrN3O2/c16-13-8-6-11(7-9-13)14(10-17-21)18-19-15(20)12-4-2-1-3-5-12/h1-10,21H,(H,19,20). The Kier molecular flexibility index (Phi) is 5.22. The fourth-order valence-corrected chi connectivity index (χ4v) is 1.87. The quantitative estimate of drug-likeness (QED) is 0.507. The van der Waals surface area contributed by atoms with Crippen molar-refractivity contribution < 1.29 is 10.0 Å². The van der Waals surface area contributed by atoms with Crippen LogP contribution in [0.3, 0.4) is 0 Å². The normalized spacial score (nSPS) is 11.6. The molecule has 6 heteroatoms. The first kappa shape index (κ1) is 14.9. The summed E-state index contributed by atoms with van der Waals surface area (Å²) in [5.41, 5.74) is 3.98. The average Bonchev–Trinajstić information content (AvgIpc) is 2.53. The van der Waals surface area contributed by atoms with E-state index in [1.165, 1.54) is 0 Å². The molecule has 0 aromatic heterocycles. The van der Waals surface area contributed by atoms with Gasteiger partial charge >= 0.3 is 0 Å². The van der Waals surface area contributed by atoms with E-state index in [2.05, 4.69) is 31.6 Å². The fraction of sp³-hybridized carbons (Fsp3) is 0. The number of hydrogen-bond donors (Lipinski definition) is 2. The van der Waals surface area contributed by atoms with Crippen LogP contribution in [0.25, 0.3) is 0 Å². The molecule has 0 saturated heterocycles. The summed E-state index contributed by atoms with van der Waals surface area (Å²) in [6.07, 6.45) is 1.16. The van der Waals surface area contributed by atoms with Crippen LogP contribution in [0, 0.1) is 0 Å². The van der Waals surface area contributed by atoms with Gasteiger partial charge in [-0.25, -0.2) is 5.43 Å². The van der Waals surface area contributed by atoms with Crippen LogP contribution in [0.4, 0.5) is 0 Å². The van der Waals surface area contributed by atoms with Gasteiger partial charge in [-0.05, 0) is 24.3 Å². The number of carbonyl (C=O) groups is 1. The lowest BCUT2D eigenvalue weighted by molar-refractivity contribution is 0.0955. The van der Waals surface area contributed by atoms with Crippen molar-refractivity contribution >= 4 is 33.8 Å². The summed E-state index contributed by atoms with van der Waals surface area (Å²) in [5, 5.41) is 15.7. The predicted molar refractivity (Wildman–Crippen MR) is 84.9 cm³/mol. The second-order valence-corrected chi connectivity index (χ2v) is 4.97. The van der Waals surface area contributed by atoms with E-state index in [0.29, 0.717) is 16.8 Å². The molecule has 2 N–H and O–H groups in total. The van der Waals surface area contributed by atoms with Crippen LogP contribution in [0.1, 0.15) is 15.9 Å². The van der Waals surface area contributed by atoms with Crippen molar-refractivity contribution in [1.82, 2.24) is 5.43 Å². The Morgan fingerprint density at radius 2 is 1.71 bits per heavy atom. The second kappa shape index (κ2) is 7.35. The maximum atomic E-state index is 11.9. The van der Waals surface area contributed by atoms with Crippen LogP contribution in [-0.2, 0) is 0 Å². The lowest BCUT2D eigenvalue weighted by Crippen LogP contribution is -2.20.